The summed E-state index contributed by atoms with van der Waals surface area (Å²) in [4.78, 5) is 0. The predicted molar refractivity (Wildman–Crippen MR) is 106 cm³/mol. The second-order valence-corrected chi connectivity index (χ2v) is 7.80. The number of rotatable bonds is 3. The third-order valence-corrected chi connectivity index (χ3v) is 5.46. The highest BCUT2D eigenvalue weighted by atomic mass is 35.5. The lowest BCUT2D eigenvalue weighted by Crippen LogP contribution is -2.36. The Kier molecular flexibility index (Phi) is 4.55. The van der Waals surface area contributed by atoms with E-state index in [9.17, 15) is 5.11 Å². The quantitative estimate of drug-likeness (QED) is 0.679. The van der Waals surface area contributed by atoms with Crippen LogP contribution in [0.3, 0.4) is 0 Å². The van der Waals surface area contributed by atoms with Gasteiger partial charge >= 0.3 is 0 Å². The van der Waals surface area contributed by atoms with Gasteiger partial charge in [-0.15, -0.1) is 10.2 Å². The van der Waals surface area contributed by atoms with Gasteiger partial charge in [0.15, 0.2) is 5.82 Å². The molecule has 0 radical (unpaired) electrons. The summed E-state index contributed by atoms with van der Waals surface area (Å²) in [5.74, 6) is 0.810. The van der Waals surface area contributed by atoms with Crippen LogP contribution in [0, 0.1) is 0 Å². The van der Waals surface area contributed by atoms with Gasteiger partial charge in [-0.25, -0.2) is 0 Å². The molecular weight excluding hydrogens is 346 g/mol. The first-order chi connectivity index (χ1) is 12.5. The standard InChI is InChI=1S/C21H22ClN3O/c1-21(26)12-10-16(11-13-21)23-20-18-5-3-2-4-17(18)19(24-25-20)14-6-8-15(22)9-7-14/h2-9,16,26H,10-13H2,1H3,(H,23,25). The highest BCUT2D eigenvalue weighted by Crippen LogP contribution is 2.33. The molecule has 1 aliphatic rings. The topological polar surface area (TPSA) is 58.0 Å². The predicted octanol–water partition coefficient (Wildman–Crippen LogP) is 5.06. The summed E-state index contributed by atoms with van der Waals surface area (Å²) >= 11 is 6.01. The highest BCUT2D eigenvalue weighted by molar-refractivity contribution is 6.30. The molecule has 1 heterocycles. The van der Waals surface area contributed by atoms with E-state index in [0.29, 0.717) is 11.1 Å². The molecule has 0 unspecified atom stereocenters. The van der Waals surface area contributed by atoms with Crippen molar-refractivity contribution in [2.24, 2.45) is 0 Å². The van der Waals surface area contributed by atoms with Crippen LogP contribution in [0.4, 0.5) is 5.82 Å². The van der Waals surface area contributed by atoms with Gasteiger partial charge in [0.1, 0.15) is 5.69 Å². The molecule has 4 rings (SSSR count). The fourth-order valence-corrected chi connectivity index (χ4v) is 3.73. The first kappa shape index (κ1) is 17.3. The Morgan fingerprint density at radius 1 is 1.00 bits per heavy atom. The molecule has 26 heavy (non-hydrogen) atoms. The third kappa shape index (κ3) is 3.53. The lowest BCUT2D eigenvalue weighted by Gasteiger charge is -2.33. The van der Waals surface area contributed by atoms with Crippen LogP contribution in [0.15, 0.2) is 48.5 Å². The molecule has 1 aromatic heterocycles. The van der Waals surface area contributed by atoms with Gasteiger partial charge in [0.25, 0.3) is 0 Å². The lowest BCUT2D eigenvalue weighted by atomic mass is 9.83. The molecule has 0 spiro atoms. The van der Waals surface area contributed by atoms with E-state index < -0.39 is 5.60 Å². The highest BCUT2D eigenvalue weighted by Gasteiger charge is 2.29. The molecule has 0 aliphatic heterocycles. The van der Waals surface area contributed by atoms with Gasteiger partial charge in [-0.3, -0.25) is 0 Å². The van der Waals surface area contributed by atoms with E-state index in [1.54, 1.807) is 0 Å². The summed E-state index contributed by atoms with van der Waals surface area (Å²) in [6, 6.07) is 16.2. The number of anilines is 1. The van der Waals surface area contributed by atoms with Gasteiger partial charge < -0.3 is 10.4 Å². The number of hydrogen-bond acceptors (Lipinski definition) is 4. The van der Waals surface area contributed by atoms with Gasteiger partial charge in [0.05, 0.1) is 5.60 Å². The number of nitrogens with zero attached hydrogens (tertiary/aromatic N) is 2. The molecule has 0 saturated heterocycles. The maximum atomic E-state index is 10.1. The van der Waals surface area contributed by atoms with E-state index in [1.807, 2.05) is 43.3 Å². The van der Waals surface area contributed by atoms with Crippen molar-refractivity contribution in [3.8, 4) is 11.3 Å². The van der Waals surface area contributed by atoms with Crippen molar-refractivity contribution in [3.05, 3.63) is 53.6 Å². The zero-order valence-corrected chi connectivity index (χ0v) is 15.5. The SMILES string of the molecule is CC1(O)CCC(Nc2nnc(-c3ccc(Cl)cc3)c3ccccc23)CC1. The van der Waals surface area contributed by atoms with Crippen LogP contribution < -0.4 is 5.32 Å². The maximum absolute atomic E-state index is 10.1. The smallest absolute Gasteiger partial charge is 0.156 e. The van der Waals surface area contributed by atoms with E-state index >= 15 is 0 Å². The molecule has 5 heteroatoms. The van der Waals surface area contributed by atoms with E-state index in [1.165, 1.54) is 0 Å². The molecule has 4 nitrogen and oxygen atoms in total. The Balaban J connectivity index is 1.67. The molecule has 1 aliphatic carbocycles. The van der Waals surface area contributed by atoms with Crippen LogP contribution in [0.2, 0.25) is 5.02 Å². The minimum absolute atomic E-state index is 0.314. The fraction of sp³-hybridized carbons (Fsp3) is 0.333. The number of nitrogens with one attached hydrogen (secondary N) is 1. The molecular formula is C21H22ClN3O. The number of aliphatic hydroxyl groups is 1. The van der Waals surface area contributed by atoms with Gasteiger partial charge in [-0.05, 0) is 44.7 Å². The summed E-state index contributed by atoms with van der Waals surface area (Å²) in [7, 11) is 0. The van der Waals surface area contributed by atoms with Crippen molar-refractivity contribution in [1.29, 1.82) is 0 Å². The molecule has 3 aromatic rings. The summed E-state index contributed by atoms with van der Waals surface area (Å²) in [5.41, 5.74) is 1.32. The van der Waals surface area contributed by atoms with Crippen LogP contribution in [-0.2, 0) is 0 Å². The Labute approximate surface area is 158 Å². The van der Waals surface area contributed by atoms with E-state index in [4.69, 9.17) is 11.6 Å². The Hall–Kier alpha value is -2.17. The molecule has 0 amide bonds. The molecule has 0 atom stereocenters. The summed E-state index contributed by atoms with van der Waals surface area (Å²) < 4.78 is 0. The van der Waals surface area contributed by atoms with Crippen molar-refractivity contribution in [2.45, 2.75) is 44.2 Å². The summed E-state index contributed by atoms with van der Waals surface area (Å²) in [6.07, 6.45) is 3.47. The summed E-state index contributed by atoms with van der Waals surface area (Å²) in [5, 5.41) is 25.5. The fourth-order valence-electron chi connectivity index (χ4n) is 3.61. The van der Waals surface area contributed by atoms with Gasteiger partial charge in [0, 0.05) is 27.4 Å². The zero-order valence-electron chi connectivity index (χ0n) is 14.7. The summed E-state index contributed by atoms with van der Waals surface area (Å²) in [6.45, 7) is 1.92. The molecule has 1 saturated carbocycles. The van der Waals surface area contributed by atoms with Gasteiger partial charge in [0.2, 0.25) is 0 Å². The average Bonchev–Trinajstić information content (AvgIpc) is 2.64. The van der Waals surface area contributed by atoms with Crippen molar-refractivity contribution < 1.29 is 5.11 Å². The zero-order chi connectivity index (χ0) is 18.1. The molecule has 1 fully saturated rings. The van der Waals surface area contributed by atoms with E-state index in [0.717, 1.165) is 53.5 Å². The average molecular weight is 368 g/mol. The minimum Gasteiger partial charge on any atom is -0.390 e. The third-order valence-electron chi connectivity index (χ3n) is 5.21. The molecule has 2 N–H and O–H groups in total. The second kappa shape index (κ2) is 6.86. The number of fused-ring (bicyclic) bond motifs is 1. The van der Waals surface area contributed by atoms with Crippen LogP contribution >= 0.6 is 11.6 Å². The van der Waals surface area contributed by atoms with Crippen LogP contribution in [0.5, 0.6) is 0 Å². The van der Waals surface area contributed by atoms with Crippen LogP contribution in [0.25, 0.3) is 22.0 Å². The minimum atomic E-state index is -0.537. The normalized spacial score (nSPS) is 23.1. The first-order valence-electron chi connectivity index (χ1n) is 9.02. The number of benzene rings is 2. The Bertz CT molecular complexity index is 914. The number of halogens is 1. The largest absolute Gasteiger partial charge is 0.390 e. The monoisotopic (exact) mass is 367 g/mol. The first-order valence-corrected chi connectivity index (χ1v) is 9.40. The maximum Gasteiger partial charge on any atom is 0.156 e. The molecule has 2 aromatic carbocycles. The number of aromatic nitrogens is 2. The van der Waals surface area contributed by atoms with E-state index in [2.05, 4.69) is 27.6 Å². The Morgan fingerprint density at radius 2 is 1.65 bits per heavy atom. The lowest BCUT2D eigenvalue weighted by molar-refractivity contribution is 0.0196. The van der Waals surface area contributed by atoms with Crippen molar-refractivity contribution in [3.63, 3.8) is 0 Å². The van der Waals surface area contributed by atoms with Crippen molar-refractivity contribution >= 4 is 28.2 Å². The second-order valence-electron chi connectivity index (χ2n) is 7.37. The number of hydrogen-bond donors (Lipinski definition) is 2. The van der Waals surface area contributed by atoms with E-state index in [-0.39, 0.29) is 0 Å². The van der Waals surface area contributed by atoms with Crippen LogP contribution in [0.1, 0.15) is 32.6 Å². The van der Waals surface area contributed by atoms with Gasteiger partial charge in [-0.1, -0.05) is 48.0 Å². The molecule has 0 bridgehead atoms. The van der Waals surface area contributed by atoms with Crippen molar-refractivity contribution in [2.75, 3.05) is 5.32 Å². The molecule has 134 valence electrons. The van der Waals surface area contributed by atoms with Crippen molar-refractivity contribution in [1.82, 2.24) is 10.2 Å². The van der Waals surface area contributed by atoms with Gasteiger partial charge in [-0.2, -0.15) is 0 Å². The Morgan fingerprint density at radius 3 is 2.35 bits per heavy atom. The van der Waals surface area contributed by atoms with Crippen LogP contribution in [-0.4, -0.2) is 26.9 Å².